The summed E-state index contributed by atoms with van der Waals surface area (Å²) in [6.07, 6.45) is 4.49. The Morgan fingerprint density at radius 2 is 1.77 bits per heavy atom. The summed E-state index contributed by atoms with van der Waals surface area (Å²) in [7, 11) is 0. The van der Waals surface area contributed by atoms with Gasteiger partial charge in [-0.3, -0.25) is 14.5 Å². The molecule has 1 aliphatic heterocycles. The van der Waals surface area contributed by atoms with Crippen LogP contribution >= 0.6 is 0 Å². The summed E-state index contributed by atoms with van der Waals surface area (Å²) >= 11 is 0. The van der Waals surface area contributed by atoms with E-state index in [1.165, 1.54) is 6.42 Å². The number of nitrogens with one attached hydrogen (secondary N) is 2. The van der Waals surface area contributed by atoms with Gasteiger partial charge in [-0.15, -0.1) is 0 Å². The van der Waals surface area contributed by atoms with Gasteiger partial charge in [0.25, 0.3) is 0 Å². The summed E-state index contributed by atoms with van der Waals surface area (Å²) in [5.41, 5.74) is 0. The fraction of sp³-hybridized carbons (Fsp3) is 0.867. The number of nitrogens with two attached hydrogens (primary N) is 1. The predicted molar refractivity (Wildman–Crippen MR) is 84.9 cm³/mol. The number of hydrogen-bond acceptors (Lipinski definition) is 5. The molecule has 0 aliphatic carbocycles. The molecule has 0 unspecified atom stereocenters. The molecule has 0 aromatic heterocycles. The predicted octanol–water partition coefficient (Wildman–Crippen LogP) is 0.152. The lowest BCUT2D eigenvalue weighted by atomic mass is 9.98. The van der Waals surface area contributed by atoms with Gasteiger partial charge in [-0.25, -0.2) is 5.90 Å². The molecule has 0 radical (unpaired) electrons. The van der Waals surface area contributed by atoms with Crippen molar-refractivity contribution in [3.05, 3.63) is 0 Å². The third-order valence-electron chi connectivity index (χ3n) is 4.14. The highest BCUT2D eigenvalue weighted by atomic mass is 16.6. The summed E-state index contributed by atoms with van der Waals surface area (Å²) in [6, 6.07) is 0.894. The first-order chi connectivity index (χ1) is 10.5. The summed E-state index contributed by atoms with van der Waals surface area (Å²) in [5.74, 6) is 4.81. The lowest BCUT2D eigenvalue weighted by Crippen LogP contribution is -2.49. The maximum atomic E-state index is 12.0. The number of amides is 2. The van der Waals surface area contributed by atoms with Crippen molar-refractivity contribution in [3.8, 4) is 0 Å². The summed E-state index contributed by atoms with van der Waals surface area (Å²) < 4.78 is 0. The Hall–Kier alpha value is -1.18. The molecule has 0 aromatic rings. The normalized spacial score (nSPS) is 22.3. The number of piperidine rings is 1. The van der Waals surface area contributed by atoms with E-state index < -0.39 is 0 Å². The van der Waals surface area contributed by atoms with Gasteiger partial charge in [0, 0.05) is 31.6 Å². The molecule has 4 N–H and O–H groups in total. The van der Waals surface area contributed by atoms with Gasteiger partial charge in [-0.05, 0) is 33.1 Å². The minimum Gasteiger partial charge on any atom is -0.356 e. The van der Waals surface area contributed by atoms with Crippen molar-refractivity contribution in [2.45, 2.75) is 58.0 Å². The molecule has 7 heteroatoms. The highest BCUT2D eigenvalue weighted by molar-refractivity contribution is 5.80. The molecule has 0 bridgehead atoms. The van der Waals surface area contributed by atoms with Crippen LogP contribution in [0.1, 0.15) is 46.0 Å². The van der Waals surface area contributed by atoms with E-state index in [0.29, 0.717) is 51.2 Å². The lowest BCUT2D eigenvalue weighted by molar-refractivity contribution is -0.124. The molecule has 2 amide bonds. The molecule has 1 aliphatic rings. The number of carbonyl (C=O) groups excluding carboxylic acids is 2. The summed E-state index contributed by atoms with van der Waals surface area (Å²) in [4.78, 5) is 30.2. The van der Waals surface area contributed by atoms with E-state index in [2.05, 4.69) is 34.2 Å². The zero-order valence-corrected chi connectivity index (χ0v) is 13.8. The fourth-order valence-corrected chi connectivity index (χ4v) is 2.80. The van der Waals surface area contributed by atoms with Gasteiger partial charge in [-0.1, -0.05) is 6.42 Å². The first-order valence-electron chi connectivity index (χ1n) is 8.15. The third-order valence-corrected chi connectivity index (χ3v) is 4.14. The van der Waals surface area contributed by atoms with Crippen molar-refractivity contribution < 1.29 is 14.4 Å². The maximum Gasteiger partial charge on any atom is 0.234 e. The summed E-state index contributed by atoms with van der Waals surface area (Å²) in [6.45, 7) is 6.07. The first-order valence-corrected chi connectivity index (χ1v) is 8.15. The van der Waals surface area contributed by atoms with Crippen LogP contribution in [0.15, 0.2) is 0 Å². The van der Waals surface area contributed by atoms with Crippen molar-refractivity contribution in [2.75, 3.05) is 26.2 Å². The molecule has 0 aromatic carbocycles. The smallest absolute Gasteiger partial charge is 0.234 e. The maximum absolute atomic E-state index is 12.0. The van der Waals surface area contributed by atoms with Gasteiger partial charge in [0.05, 0.1) is 13.2 Å². The van der Waals surface area contributed by atoms with E-state index in [1.807, 2.05) is 0 Å². The van der Waals surface area contributed by atoms with Gasteiger partial charge in [0.2, 0.25) is 11.8 Å². The molecule has 128 valence electrons. The van der Waals surface area contributed by atoms with Crippen molar-refractivity contribution in [3.63, 3.8) is 0 Å². The Morgan fingerprint density at radius 1 is 1.14 bits per heavy atom. The monoisotopic (exact) mass is 319 g/mol. The van der Waals surface area contributed by atoms with Crippen LogP contribution in [-0.2, 0) is 14.4 Å². The number of carbonyl (C=O) groups is 2. The van der Waals surface area contributed by atoms with E-state index >= 15 is 0 Å². The Balaban J connectivity index is 2.13. The second-order valence-corrected chi connectivity index (χ2v) is 5.98. The molecule has 0 saturated carbocycles. The molecule has 22 heavy (non-hydrogen) atoms. The molecule has 2 atom stereocenters. The molecule has 1 heterocycles. The number of nitrogens with zero attached hydrogens (tertiary/aromatic N) is 1. The Bertz CT molecular complexity index is 342. The zero-order valence-electron chi connectivity index (χ0n) is 13.8. The largest absolute Gasteiger partial charge is 0.356 e. The molecule has 0 spiro atoms. The Labute approximate surface area is 132 Å². The average molecular weight is 319 g/mol. The number of hydrogen-bond donors (Lipinski definition) is 3. The van der Waals surface area contributed by atoms with Crippen molar-refractivity contribution in [1.82, 2.24) is 15.5 Å². The van der Waals surface area contributed by atoms with Crippen molar-refractivity contribution in [1.29, 1.82) is 0 Å². The molecule has 1 fully saturated rings. The van der Waals surface area contributed by atoms with Crippen LogP contribution in [0, 0.1) is 0 Å². The van der Waals surface area contributed by atoms with Gasteiger partial charge in [0.1, 0.15) is 0 Å². The van der Waals surface area contributed by atoms with Crippen molar-refractivity contribution >= 4 is 11.8 Å². The second kappa shape index (κ2) is 10.5. The standard InChI is InChI=1S/C15H30N4O3/c1-12-5-3-6-13(2)19(12)11-15(21)18-9-7-14(20)17-8-4-10-22-16/h12-13H,3-11,16H2,1-2H3,(H,17,20)(H,18,21)/t12-,13+/i7+1,9+1,14+1,15+1,18+1. The van der Waals surface area contributed by atoms with Gasteiger partial charge in [-0.2, -0.15) is 0 Å². The quantitative estimate of drug-likeness (QED) is 0.243. The van der Waals surface area contributed by atoms with Crippen LogP contribution in [0.5, 0.6) is 0 Å². The molecule has 1 saturated heterocycles. The van der Waals surface area contributed by atoms with E-state index in [9.17, 15) is 9.59 Å². The van der Waals surface area contributed by atoms with Gasteiger partial charge < -0.3 is 15.5 Å². The van der Waals surface area contributed by atoms with Crippen LogP contribution < -0.4 is 16.5 Å². The highest BCUT2D eigenvalue weighted by Crippen LogP contribution is 2.21. The SMILES string of the molecule is C[C@@H]1CCC[C@H](C)N1C[13C](=O)[15NH][13CH2][13CH2][13C](=O)NCCCON. The van der Waals surface area contributed by atoms with Gasteiger partial charge >= 0.3 is 0 Å². The number of likely N-dealkylation sites (tertiary alicyclic amines) is 1. The van der Waals surface area contributed by atoms with Gasteiger partial charge in [0.15, 0.2) is 0 Å². The first kappa shape index (κ1) is 18.9. The highest BCUT2D eigenvalue weighted by Gasteiger charge is 2.26. The average Bonchev–Trinajstić information content (AvgIpc) is 2.48. The van der Waals surface area contributed by atoms with E-state index in [0.717, 1.165) is 12.8 Å². The fourth-order valence-electron chi connectivity index (χ4n) is 2.80. The molecule has 1 rings (SSSR count). The minimum absolute atomic E-state index is 0.00932. The van der Waals surface area contributed by atoms with Crippen LogP contribution in [0.25, 0.3) is 0 Å². The third kappa shape index (κ3) is 7.20. The minimum atomic E-state index is -0.0722. The molecule has 7 nitrogen and oxygen atoms in total. The van der Waals surface area contributed by atoms with Crippen molar-refractivity contribution in [2.24, 2.45) is 5.90 Å². The second-order valence-electron chi connectivity index (χ2n) is 5.98. The number of rotatable bonds is 9. The Morgan fingerprint density at radius 3 is 2.41 bits per heavy atom. The van der Waals surface area contributed by atoms with E-state index in [4.69, 9.17) is 5.90 Å². The molecular formula is C15H30N4O3. The van der Waals surface area contributed by atoms with E-state index in [1.54, 1.807) is 0 Å². The lowest BCUT2D eigenvalue weighted by Gasteiger charge is -2.38. The zero-order chi connectivity index (χ0) is 16.4. The topological polar surface area (TPSA) is 96.7 Å². The summed E-state index contributed by atoms with van der Waals surface area (Å²) in [5, 5.41) is 5.57. The van der Waals surface area contributed by atoms with Crippen LogP contribution in [0.3, 0.4) is 0 Å². The van der Waals surface area contributed by atoms with Crippen LogP contribution in [0.2, 0.25) is 0 Å². The van der Waals surface area contributed by atoms with E-state index in [-0.39, 0.29) is 11.8 Å². The molecular weight excluding hydrogens is 289 g/mol. The Kier molecular flexibility index (Phi) is 9.03. The van der Waals surface area contributed by atoms with Crippen LogP contribution in [0.4, 0.5) is 0 Å². The van der Waals surface area contributed by atoms with Crippen LogP contribution in [-0.4, -0.2) is 55.0 Å².